The van der Waals surface area contributed by atoms with E-state index in [0.717, 1.165) is 25.7 Å². The summed E-state index contributed by atoms with van der Waals surface area (Å²) in [6.45, 7) is 0.615. The van der Waals surface area contributed by atoms with Gasteiger partial charge in [-0.3, -0.25) is 9.59 Å². The minimum absolute atomic E-state index is 0.0104. The molecule has 0 radical (unpaired) electrons. The Morgan fingerprint density at radius 2 is 1.79 bits per heavy atom. The Labute approximate surface area is 113 Å². The SMILES string of the molecule is O=C(O)[C@H]1CC[C@@H](C(=O)NCC2CCCC(O)C2)C1. The minimum Gasteiger partial charge on any atom is -0.481 e. The third kappa shape index (κ3) is 3.93. The first-order valence-electron chi connectivity index (χ1n) is 7.25. The molecule has 108 valence electrons. The van der Waals surface area contributed by atoms with Crippen molar-refractivity contribution in [3.63, 3.8) is 0 Å². The van der Waals surface area contributed by atoms with Crippen LogP contribution in [0.3, 0.4) is 0 Å². The Bertz CT molecular complexity index is 344. The van der Waals surface area contributed by atoms with Crippen molar-refractivity contribution in [2.24, 2.45) is 17.8 Å². The number of carboxylic acids is 1. The molecule has 0 heterocycles. The summed E-state index contributed by atoms with van der Waals surface area (Å²) >= 11 is 0. The molecular formula is C14H23NO4. The first-order valence-corrected chi connectivity index (χ1v) is 7.25. The number of carboxylic acid groups (broad SMARTS) is 1. The molecule has 2 fully saturated rings. The van der Waals surface area contributed by atoms with Crippen molar-refractivity contribution in [2.75, 3.05) is 6.54 Å². The average Bonchev–Trinajstić information content (AvgIpc) is 2.86. The Balaban J connectivity index is 1.71. The molecule has 5 nitrogen and oxygen atoms in total. The minimum atomic E-state index is -0.786. The standard InChI is InChI=1S/C14H23NO4/c16-12-3-1-2-9(6-12)8-15-13(17)10-4-5-11(7-10)14(18)19/h9-12,16H,1-8H2,(H,15,17)(H,18,19)/t9?,10-,11+,12?/m1/s1. The molecule has 2 aliphatic carbocycles. The number of amides is 1. The van der Waals surface area contributed by atoms with Crippen LogP contribution in [0.2, 0.25) is 0 Å². The van der Waals surface area contributed by atoms with Gasteiger partial charge in [0.05, 0.1) is 12.0 Å². The first-order chi connectivity index (χ1) is 9.06. The molecule has 2 saturated carbocycles. The van der Waals surface area contributed by atoms with Crippen LogP contribution < -0.4 is 5.32 Å². The lowest BCUT2D eigenvalue weighted by Gasteiger charge is -2.26. The van der Waals surface area contributed by atoms with Crippen molar-refractivity contribution in [1.82, 2.24) is 5.32 Å². The largest absolute Gasteiger partial charge is 0.481 e. The van der Waals surface area contributed by atoms with Gasteiger partial charge in [-0.15, -0.1) is 0 Å². The maximum atomic E-state index is 12.0. The second-order valence-corrected chi connectivity index (χ2v) is 5.98. The molecule has 19 heavy (non-hydrogen) atoms. The number of hydrogen-bond acceptors (Lipinski definition) is 3. The Hall–Kier alpha value is -1.10. The van der Waals surface area contributed by atoms with Gasteiger partial charge in [0, 0.05) is 12.5 Å². The van der Waals surface area contributed by atoms with Crippen molar-refractivity contribution < 1.29 is 19.8 Å². The molecule has 0 aromatic heterocycles. The van der Waals surface area contributed by atoms with Crippen LogP contribution in [0.5, 0.6) is 0 Å². The van der Waals surface area contributed by atoms with Crippen molar-refractivity contribution in [3.05, 3.63) is 0 Å². The van der Waals surface area contributed by atoms with Crippen molar-refractivity contribution in [2.45, 2.75) is 51.0 Å². The zero-order valence-corrected chi connectivity index (χ0v) is 11.2. The number of aliphatic hydroxyl groups excluding tert-OH is 1. The lowest BCUT2D eigenvalue weighted by molar-refractivity contribution is -0.141. The van der Waals surface area contributed by atoms with Crippen LogP contribution in [0.15, 0.2) is 0 Å². The number of aliphatic carboxylic acids is 1. The highest BCUT2D eigenvalue weighted by molar-refractivity contribution is 5.80. The molecule has 0 bridgehead atoms. The fourth-order valence-electron chi connectivity index (χ4n) is 3.28. The quantitative estimate of drug-likeness (QED) is 0.714. The van der Waals surface area contributed by atoms with Gasteiger partial charge in [0.25, 0.3) is 0 Å². The van der Waals surface area contributed by atoms with Gasteiger partial charge in [0.15, 0.2) is 0 Å². The van der Waals surface area contributed by atoms with E-state index in [1.54, 1.807) is 0 Å². The molecule has 1 amide bonds. The van der Waals surface area contributed by atoms with Gasteiger partial charge in [-0.05, 0) is 44.4 Å². The number of hydrogen-bond donors (Lipinski definition) is 3. The zero-order chi connectivity index (χ0) is 13.8. The highest BCUT2D eigenvalue weighted by Crippen LogP contribution is 2.31. The van der Waals surface area contributed by atoms with Crippen LogP contribution in [0.4, 0.5) is 0 Å². The molecule has 0 aliphatic heterocycles. The van der Waals surface area contributed by atoms with E-state index in [0.29, 0.717) is 31.7 Å². The second-order valence-electron chi connectivity index (χ2n) is 5.98. The number of carbonyl (C=O) groups is 2. The summed E-state index contributed by atoms with van der Waals surface area (Å²) in [7, 11) is 0. The molecule has 0 spiro atoms. The van der Waals surface area contributed by atoms with E-state index in [9.17, 15) is 14.7 Å². The van der Waals surface area contributed by atoms with Crippen LogP contribution in [-0.2, 0) is 9.59 Å². The molecule has 0 aromatic rings. The van der Waals surface area contributed by atoms with E-state index in [4.69, 9.17) is 5.11 Å². The molecule has 0 aromatic carbocycles. The number of nitrogens with one attached hydrogen (secondary N) is 1. The third-order valence-corrected chi connectivity index (χ3v) is 4.47. The van der Waals surface area contributed by atoms with Gasteiger partial charge < -0.3 is 15.5 Å². The van der Waals surface area contributed by atoms with Gasteiger partial charge >= 0.3 is 5.97 Å². The van der Waals surface area contributed by atoms with Crippen LogP contribution >= 0.6 is 0 Å². The van der Waals surface area contributed by atoms with E-state index in [1.807, 2.05) is 0 Å². The maximum absolute atomic E-state index is 12.0. The summed E-state index contributed by atoms with van der Waals surface area (Å²) in [5.74, 6) is -0.930. The smallest absolute Gasteiger partial charge is 0.306 e. The second kappa shape index (κ2) is 6.37. The first kappa shape index (κ1) is 14.3. The molecule has 4 atom stereocenters. The summed E-state index contributed by atoms with van der Waals surface area (Å²) in [5, 5.41) is 21.4. The van der Waals surface area contributed by atoms with E-state index >= 15 is 0 Å². The third-order valence-electron chi connectivity index (χ3n) is 4.47. The zero-order valence-electron chi connectivity index (χ0n) is 11.2. The van der Waals surface area contributed by atoms with E-state index in [-0.39, 0.29) is 23.8 Å². The molecule has 2 rings (SSSR count). The van der Waals surface area contributed by atoms with Gasteiger partial charge in [-0.1, -0.05) is 6.42 Å². The molecule has 0 saturated heterocycles. The van der Waals surface area contributed by atoms with Crippen molar-refractivity contribution >= 4 is 11.9 Å². The molecule has 3 N–H and O–H groups in total. The van der Waals surface area contributed by atoms with Gasteiger partial charge in [0.2, 0.25) is 5.91 Å². The van der Waals surface area contributed by atoms with E-state index < -0.39 is 5.97 Å². The summed E-state index contributed by atoms with van der Waals surface area (Å²) in [5.41, 5.74) is 0. The molecule has 2 aliphatic rings. The summed E-state index contributed by atoms with van der Waals surface area (Å²) in [4.78, 5) is 22.8. The summed E-state index contributed by atoms with van der Waals surface area (Å²) in [6.07, 6.45) is 5.24. The van der Waals surface area contributed by atoms with Crippen molar-refractivity contribution in [1.29, 1.82) is 0 Å². The fraction of sp³-hybridized carbons (Fsp3) is 0.857. The van der Waals surface area contributed by atoms with Gasteiger partial charge in [-0.25, -0.2) is 0 Å². The number of rotatable bonds is 4. The Morgan fingerprint density at radius 1 is 1.05 bits per heavy atom. The number of aliphatic hydroxyl groups is 1. The van der Waals surface area contributed by atoms with Crippen LogP contribution in [0, 0.1) is 17.8 Å². The van der Waals surface area contributed by atoms with Gasteiger partial charge in [0.1, 0.15) is 0 Å². The average molecular weight is 269 g/mol. The Morgan fingerprint density at radius 3 is 2.42 bits per heavy atom. The summed E-state index contributed by atoms with van der Waals surface area (Å²) < 4.78 is 0. The van der Waals surface area contributed by atoms with E-state index in [2.05, 4.69) is 5.32 Å². The predicted molar refractivity (Wildman–Crippen MR) is 69.4 cm³/mol. The fourth-order valence-corrected chi connectivity index (χ4v) is 3.28. The van der Waals surface area contributed by atoms with Crippen LogP contribution in [-0.4, -0.2) is 34.7 Å². The predicted octanol–water partition coefficient (Wildman–Crippen LogP) is 1.15. The van der Waals surface area contributed by atoms with Crippen molar-refractivity contribution in [3.8, 4) is 0 Å². The highest BCUT2D eigenvalue weighted by Gasteiger charge is 2.34. The molecular weight excluding hydrogens is 246 g/mol. The topological polar surface area (TPSA) is 86.6 Å². The maximum Gasteiger partial charge on any atom is 0.306 e. The monoisotopic (exact) mass is 269 g/mol. The van der Waals surface area contributed by atoms with Crippen LogP contribution in [0.25, 0.3) is 0 Å². The lowest BCUT2D eigenvalue weighted by Crippen LogP contribution is -2.36. The van der Waals surface area contributed by atoms with Crippen LogP contribution in [0.1, 0.15) is 44.9 Å². The number of carbonyl (C=O) groups excluding carboxylic acids is 1. The normalized spacial score (nSPS) is 35.0. The van der Waals surface area contributed by atoms with E-state index in [1.165, 1.54) is 0 Å². The van der Waals surface area contributed by atoms with Gasteiger partial charge in [-0.2, -0.15) is 0 Å². The lowest BCUT2D eigenvalue weighted by atomic mass is 9.87. The Kier molecular flexibility index (Phi) is 4.80. The molecule has 5 heteroatoms. The summed E-state index contributed by atoms with van der Waals surface area (Å²) in [6, 6.07) is 0. The molecule has 2 unspecified atom stereocenters. The highest BCUT2D eigenvalue weighted by atomic mass is 16.4.